The second kappa shape index (κ2) is 9.77. The van der Waals surface area contributed by atoms with E-state index < -0.39 is 0 Å². The Labute approximate surface area is 95.7 Å². The average molecular weight is 235 g/mol. The number of hydrogen-bond donors (Lipinski definition) is 2. The minimum atomic E-state index is -0.137. The Kier molecular flexibility index (Phi) is 9.27. The molecule has 0 radical (unpaired) electrons. The molecule has 0 aliphatic heterocycles. The van der Waals surface area contributed by atoms with Crippen LogP contribution in [-0.4, -0.2) is 30.8 Å². The van der Waals surface area contributed by atoms with Crippen molar-refractivity contribution in [2.24, 2.45) is 0 Å². The number of hydrogen-bond acceptors (Lipinski definition) is 2. The first kappa shape index (κ1) is 14.2. The number of carbonyl (C=O) groups excluding carboxylic acids is 2. The highest BCUT2D eigenvalue weighted by Gasteiger charge is 2.03. The quantitative estimate of drug-likeness (QED) is 0.487. The highest BCUT2D eigenvalue weighted by Crippen LogP contribution is 1.96. The molecule has 2 N–H and O–H groups in total. The normalized spacial score (nSPS) is 9.73. The van der Waals surface area contributed by atoms with Gasteiger partial charge in [0.1, 0.15) is 0 Å². The van der Waals surface area contributed by atoms with Crippen molar-refractivity contribution in [3.63, 3.8) is 0 Å². The van der Waals surface area contributed by atoms with Gasteiger partial charge < -0.3 is 10.6 Å². The minimum Gasteiger partial charge on any atom is -0.355 e. The third kappa shape index (κ3) is 9.53. The van der Waals surface area contributed by atoms with Crippen LogP contribution in [0.1, 0.15) is 32.6 Å². The first-order valence-electron chi connectivity index (χ1n) is 5.30. The van der Waals surface area contributed by atoms with Gasteiger partial charge in [-0.1, -0.05) is 6.92 Å². The van der Waals surface area contributed by atoms with E-state index in [2.05, 4.69) is 10.6 Å². The van der Waals surface area contributed by atoms with Crippen molar-refractivity contribution in [2.45, 2.75) is 32.6 Å². The Hall–Kier alpha value is -0.770. The van der Waals surface area contributed by atoms with Crippen molar-refractivity contribution >= 4 is 23.4 Å². The molecule has 0 aliphatic carbocycles. The van der Waals surface area contributed by atoms with Gasteiger partial charge in [0.25, 0.3) is 0 Å². The second-order valence-electron chi connectivity index (χ2n) is 3.27. The van der Waals surface area contributed by atoms with Crippen LogP contribution < -0.4 is 10.6 Å². The van der Waals surface area contributed by atoms with Crippen molar-refractivity contribution in [3.05, 3.63) is 0 Å². The Bertz CT molecular complexity index is 198. The van der Waals surface area contributed by atoms with Crippen molar-refractivity contribution in [2.75, 3.05) is 19.0 Å². The lowest BCUT2D eigenvalue weighted by Crippen LogP contribution is -2.37. The van der Waals surface area contributed by atoms with Crippen LogP contribution in [0, 0.1) is 0 Å². The predicted octanol–water partition coefficient (Wildman–Crippen LogP) is 1.04. The van der Waals surface area contributed by atoms with Crippen molar-refractivity contribution < 1.29 is 9.59 Å². The van der Waals surface area contributed by atoms with Crippen LogP contribution >= 0.6 is 11.6 Å². The molecule has 0 heterocycles. The molecule has 0 atom stereocenters. The van der Waals surface area contributed by atoms with Crippen molar-refractivity contribution in [3.8, 4) is 0 Å². The fourth-order valence-electron chi connectivity index (χ4n) is 0.974. The molecule has 0 bridgehead atoms. The predicted molar refractivity (Wildman–Crippen MR) is 60.9 cm³/mol. The first-order chi connectivity index (χ1) is 7.20. The molecular formula is C10H19ClN2O2. The van der Waals surface area contributed by atoms with Gasteiger partial charge in [-0.3, -0.25) is 9.59 Å². The van der Waals surface area contributed by atoms with Gasteiger partial charge in [0.15, 0.2) is 0 Å². The van der Waals surface area contributed by atoms with Crippen LogP contribution in [0.15, 0.2) is 0 Å². The smallest absolute Gasteiger partial charge is 0.239 e. The molecule has 0 saturated carbocycles. The summed E-state index contributed by atoms with van der Waals surface area (Å²) >= 11 is 5.47. The number of alkyl halides is 1. The van der Waals surface area contributed by atoms with E-state index >= 15 is 0 Å². The summed E-state index contributed by atoms with van der Waals surface area (Å²) in [5.74, 6) is 0.346. The zero-order valence-corrected chi connectivity index (χ0v) is 9.90. The summed E-state index contributed by atoms with van der Waals surface area (Å²) in [5, 5.41) is 5.24. The minimum absolute atomic E-state index is 0.0692. The SMILES string of the molecule is CCCNC(=O)CNC(=O)CCCCCl. The summed E-state index contributed by atoms with van der Waals surface area (Å²) in [4.78, 5) is 22.3. The van der Waals surface area contributed by atoms with Crippen LogP contribution in [0.2, 0.25) is 0 Å². The third-order valence-corrected chi connectivity index (χ3v) is 2.07. The lowest BCUT2D eigenvalue weighted by atomic mass is 10.2. The van der Waals surface area contributed by atoms with E-state index in [1.807, 2.05) is 6.92 Å². The summed E-state index contributed by atoms with van der Waals surface area (Å²) in [6.45, 7) is 2.70. The average Bonchev–Trinajstić information content (AvgIpc) is 2.24. The molecule has 4 nitrogen and oxygen atoms in total. The van der Waals surface area contributed by atoms with Gasteiger partial charge in [-0.15, -0.1) is 11.6 Å². The molecule has 0 aromatic rings. The molecule has 5 heteroatoms. The zero-order chi connectivity index (χ0) is 11.5. The third-order valence-electron chi connectivity index (χ3n) is 1.81. The lowest BCUT2D eigenvalue weighted by molar-refractivity contribution is -0.126. The molecule has 0 aliphatic rings. The van der Waals surface area contributed by atoms with Gasteiger partial charge in [-0.2, -0.15) is 0 Å². The monoisotopic (exact) mass is 234 g/mol. The molecule has 0 saturated heterocycles. The van der Waals surface area contributed by atoms with Crippen LogP contribution in [0.3, 0.4) is 0 Å². The van der Waals surface area contributed by atoms with Crippen LogP contribution in [0.5, 0.6) is 0 Å². The fourth-order valence-corrected chi connectivity index (χ4v) is 1.16. The van der Waals surface area contributed by atoms with Gasteiger partial charge in [0, 0.05) is 18.8 Å². The van der Waals surface area contributed by atoms with E-state index in [-0.39, 0.29) is 18.4 Å². The van der Waals surface area contributed by atoms with E-state index in [4.69, 9.17) is 11.6 Å². The first-order valence-corrected chi connectivity index (χ1v) is 5.83. The molecular weight excluding hydrogens is 216 g/mol. The van der Waals surface area contributed by atoms with Crippen molar-refractivity contribution in [1.82, 2.24) is 10.6 Å². The molecule has 0 aromatic heterocycles. The maximum absolute atomic E-state index is 11.2. The summed E-state index contributed by atoms with van der Waals surface area (Å²) in [6, 6.07) is 0. The lowest BCUT2D eigenvalue weighted by Gasteiger charge is -2.05. The summed E-state index contributed by atoms with van der Waals surface area (Å²) < 4.78 is 0. The van der Waals surface area contributed by atoms with E-state index in [0.29, 0.717) is 18.8 Å². The van der Waals surface area contributed by atoms with E-state index in [1.54, 1.807) is 0 Å². The summed E-state index contributed by atoms with van der Waals surface area (Å²) in [7, 11) is 0. The molecule has 15 heavy (non-hydrogen) atoms. The Morgan fingerprint density at radius 2 is 1.87 bits per heavy atom. The number of halogens is 1. The summed E-state index contributed by atoms with van der Waals surface area (Å²) in [6.07, 6.45) is 2.94. The van der Waals surface area contributed by atoms with Gasteiger partial charge in [0.05, 0.1) is 6.54 Å². The molecule has 88 valence electrons. The van der Waals surface area contributed by atoms with Crippen LogP contribution in [-0.2, 0) is 9.59 Å². The van der Waals surface area contributed by atoms with E-state index in [9.17, 15) is 9.59 Å². The molecule has 0 aromatic carbocycles. The maximum atomic E-state index is 11.2. The number of rotatable bonds is 8. The number of unbranched alkanes of at least 4 members (excludes halogenated alkanes) is 1. The van der Waals surface area contributed by atoms with Crippen LogP contribution in [0.25, 0.3) is 0 Å². The summed E-state index contributed by atoms with van der Waals surface area (Å²) in [5.41, 5.74) is 0. The van der Waals surface area contributed by atoms with Gasteiger partial charge in [0.2, 0.25) is 11.8 Å². The Morgan fingerprint density at radius 3 is 2.47 bits per heavy atom. The molecule has 0 spiro atoms. The van der Waals surface area contributed by atoms with Gasteiger partial charge in [-0.25, -0.2) is 0 Å². The zero-order valence-electron chi connectivity index (χ0n) is 9.14. The Balaban J connectivity index is 3.40. The topological polar surface area (TPSA) is 58.2 Å². The number of amides is 2. The molecule has 0 unspecified atom stereocenters. The number of carbonyl (C=O) groups is 2. The van der Waals surface area contributed by atoms with E-state index in [0.717, 1.165) is 19.3 Å². The van der Waals surface area contributed by atoms with Gasteiger partial charge >= 0.3 is 0 Å². The highest BCUT2D eigenvalue weighted by molar-refractivity contribution is 6.17. The van der Waals surface area contributed by atoms with Crippen molar-refractivity contribution in [1.29, 1.82) is 0 Å². The standard InChI is InChI=1S/C10H19ClN2O2/c1-2-7-12-10(15)8-13-9(14)5-3-4-6-11/h2-8H2,1H3,(H,12,15)(H,13,14). The molecule has 0 rings (SSSR count). The highest BCUT2D eigenvalue weighted by atomic mass is 35.5. The second-order valence-corrected chi connectivity index (χ2v) is 3.65. The van der Waals surface area contributed by atoms with Crippen LogP contribution in [0.4, 0.5) is 0 Å². The van der Waals surface area contributed by atoms with E-state index in [1.165, 1.54) is 0 Å². The maximum Gasteiger partial charge on any atom is 0.239 e. The Morgan fingerprint density at radius 1 is 1.13 bits per heavy atom. The number of nitrogens with one attached hydrogen (secondary N) is 2. The largest absolute Gasteiger partial charge is 0.355 e. The molecule has 0 fully saturated rings. The molecule has 2 amide bonds. The fraction of sp³-hybridized carbons (Fsp3) is 0.800. The van der Waals surface area contributed by atoms with Gasteiger partial charge in [-0.05, 0) is 19.3 Å².